The van der Waals surface area contributed by atoms with Crippen molar-refractivity contribution in [2.75, 3.05) is 41.2 Å². The lowest BCUT2D eigenvalue weighted by atomic mass is 9.96. The minimum atomic E-state index is -3.66. The predicted octanol–water partition coefficient (Wildman–Crippen LogP) is 3.63. The van der Waals surface area contributed by atoms with Crippen LogP contribution in [-0.4, -0.2) is 53.1 Å². The number of esters is 1. The molecule has 12 nitrogen and oxygen atoms in total. The molecule has 3 saturated carbocycles. The van der Waals surface area contributed by atoms with Crippen molar-refractivity contribution in [3.05, 3.63) is 43.1 Å². The highest BCUT2D eigenvalue weighted by atomic mass is 31.2. The van der Waals surface area contributed by atoms with Gasteiger partial charge in [-0.15, -0.1) is 0 Å². The number of rotatable bonds is 15. The van der Waals surface area contributed by atoms with Gasteiger partial charge in [0.05, 0.1) is 6.61 Å². The molecule has 0 amide bonds. The molecule has 1 aromatic carbocycles. The number of hydrogen-bond donors (Lipinski definition) is 4. The average Bonchev–Trinajstić information content (AvgIpc) is 3.82. The molecule has 5 rings (SSSR count). The molecule has 1 heterocycles. The number of aromatic nitrogens is 2. The average molecular weight is 558 g/mol. The van der Waals surface area contributed by atoms with E-state index in [4.69, 9.17) is 25.5 Å². The van der Waals surface area contributed by atoms with E-state index in [1.807, 2.05) is 6.07 Å². The maximum Gasteiger partial charge on any atom is 0.342 e. The Kier molecular flexibility index (Phi) is 7.97. The summed E-state index contributed by atoms with van der Waals surface area (Å²) in [5.74, 6) is 1.01. The second-order valence-electron chi connectivity index (χ2n) is 10.2. The van der Waals surface area contributed by atoms with E-state index < -0.39 is 13.1 Å². The second-order valence-corrected chi connectivity index (χ2v) is 12.2. The molecule has 1 atom stereocenters. The van der Waals surface area contributed by atoms with Crippen LogP contribution in [0.15, 0.2) is 43.1 Å². The van der Waals surface area contributed by atoms with E-state index in [-0.39, 0.29) is 31.0 Å². The number of hydrogen-bond acceptors (Lipinski definition) is 11. The van der Waals surface area contributed by atoms with Gasteiger partial charge in [0.15, 0.2) is 11.6 Å². The largest absolute Gasteiger partial charge is 0.461 e. The van der Waals surface area contributed by atoms with Crippen molar-refractivity contribution in [2.45, 2.75) is 62.6 Å². The lowest BCUT2D eigenvalue weighted by Crippen LogP contribution is -2.43. The summed E-state index contributed by atoms with van der Waals surface area (Å²) in [5.41, 5.74) is 11.6. The van der Waals surface area contributed by atoms with Crippen LogP contribution in [0.25, 0.3) is 0 Å². The summed E-state index contributed by atoms with van der Waals surface area (Å²) in [6.45, 7) is 4.30. The van der Waals surface area contributed by atoms with Crippen molar-refractivity contribution in [1.82, 2.24) is 15.1 Å². The molecular weight excluding hydrogens is 521 g/mol. The fourth-order valence-electron chi connectivity index (χ4n) is 4.15. The molecule has 6 N–H and O–H groups in total. The number of nitrogen functional groups attached to an aromatic ring is 2. The Balaban J connectivity index is 1.23. The van der Waals surface area contributed by atoms with Crippen LogP contribution < -0.4 is 31.3 Å². The van der Waals surface area contributed by atoms with Crippen molar-refractivity contribution >= 4 is 36.8 Å². The first-order valence-corrected chi connectivity index (χ1v) is 15.1. The molecule has 13 heteroatoms. The minimum absolute atomic E-state index is 0.0596. The Morgan fingerprint density at radius 2 is 1.92 bits per heavy atom. The Labute approximate surface area is 228 Å². The van der Waals surface area contributed by atoms with Gasteiger partial charge >= 0.3 is 13.5 Å². The molecule has 3 fully saturated rings. The van der Waals surface area contributed by atoms with Crippen LogP contribution in [0.4, 0.5) is 23.3 Å². The van der Waals surface area contributed by atoms with Gasteiger partial charge in [0, 0.05) is 12.6 Å². The molecule has 0 bridgehead atoms. The van der Waals surface area contributed by atoms with Gasteiger partial charge in [0.1, 0.15) is 29.4 Å². The Morgan fingerprint density at radius 1 is 1.18 bits per heavy atom. The molecule has 210 valence electrons. The number of benzene rings is 1. The van der Waals surface area contributed by atoms with Crippen LogP contribution in [-0.2, 0) is 18.8 Å². The van der Waals surface area contributed by atoms with E-state index in [2.05, 4.69) is 27.0 Å². The molecule has 3 aliphatic rings. The molecule has 1 unspecified atom stereocenters. The summed E-state index contributed by atoms with van der Waals surface area (Å²) >= 11 is 0. The van der Waals surface area contributed by atoms with Crippen LogP contribution in [0.3, 0.4) is 0 Å². The van der Waals surface area contributed by atoms with Crippen molar-refractivity contribution in [3.63, 3.8) is 0 Å². The number of para-hydroxylation sites is 1. The summed E-state index contributed by atoms with van der Waals surface area (Å²) in [5, 5.41) is 6.26. The Morgan fingerprint density at radius 3 is 2.54 bits per heavy atom. The normalized spacial score (nSPS) is 19.3. The van der Waals surface area contributed by atoms with Crippen molar-refractivity contribution in [2.24, 2.45) is 0 Å². The van der Waals surface area contributed by atoms with Crippen LogP contribution >= 0.6 is 7.52 Å². The Bertz CT molecular complexity index is 1230. The van der Waals surface area contributed by atoms with Crippen LogP contribution in [0.2, 0.25) is 0 Å². The van der Waals surface area contributed by atoms with E-state index in [0.717, 1.165) is 32.1 Å². The molecule has 0 spiro atoms. The van der Waals surface area contributed by atoms with E-state index >= 15 is 0 Å². The van der Waals surface area contributed by atoms with Crippen LogP contribution in [0, 0.1) is 0 Å². The lowest BCUT2D eigenvalue weighted by molar-refractivity contribution is -0.156. The molecule has 2 aromatic rings. The maximum atomic E-state index is 14.0. The smallest absolute Gasteiger partial charge is 0.342 e. The fraction of sp³-hybridized carbons (Fsp3) is 0.500. The molecule has 0 aliphatic heterocycles. The van der Waals surface area contributed by atoms with Gasteiger partial charge in [-0.25, -0.2) is 5.09 Å². The van der Waals surface area contributed by atoms with Gasteiger partial charge in [-0.2, -0.15) is 9.97 Å². The number of nitrogens with one attached hydrogen (secondary N) is 2. The first-order valence-electron chi connectivity index (χ1n) is 13.3. The molecule has 39 heavy (non-hydrogen) atoms. The lowest BCUT2D eigenvalue weighted by Gasteiger charge is -2.30. The number of anilines is 4. The topological polar surface area (TPSA) is 167 Å². The van der Waals surface area contributed by atoms with Gasteiger partial charge in [0.2, 0.25) is 5.95 Å². The fourth-order valence-corrected chi connectivity index (χ4v) is 6.12. The van der Waals surface area contributed by atoms with Gasteiger partial charge < -0.3 is 35.7 Å². The van der Waals surface area contributed by atoms with Crippen molar-refractivity contribution in [3.8, 4) is 5.75 Å². The standard InChI is InChI=1S/C26H36N7O5P/c1-2-33(23-21(27)22(29-18-11-12-18)30-25(28)31-23)15-16-36-17-39(35,38-20-7-4-3-5-8-20)32-26(13-14-26)24(34)37-19-9-6-10-19/h2-5,7-8,18-19H,1,6,9-17,27H2,(H,32,35)(H3,28,29,30,31). The zero-order valence-corrected chi connectivity index (χ0v) is 22.8. The third-order valence-electron chi connectivity index (χ3n) is 6.94. The van der Waals surface area contributed by atoms with Crippen LogP contribution in [0.5, 0.6) is 5.75 Å². The van der Waals surface area contributed by atoms with Gasteiger partial charge in [-0.05, 0) is 63.3 Å². The number of nitrogens with two attached hydrogens (primary N) is 2. The number of ether oxygens (including phenoxy) is 2. The quantitative estimate of drug-likeness (QED) is 0.143. The third kappa shape index (κ3) is 6.81. The summed E-state index contributed by atoms with van der Waals surface area (Å²) in [6, 6.07) is 9.14. The maximum absolute atomic E-state index is 14.0. The second kappa shape index (κ2) is 11.4. The van der Waals surface area contributed by atoms with E-state index in [1.165, 1.54) is 0 Å². The molecule has 0 radical (unpaired) electrons. The number of nitrogens with zero attached hydrogens (tertiary/aromatic N) is 3. The highest BCUT2D eigenvalue weighted by Gasteiger charge is 2.56. The number of carbonyl (C=O) groups is 1. The molecule has 1 aromatic heterocycles. The van der Waals surface area contributed by atoms with E-state index in [9.17, 15) is 9.36 Å². The Hall–Kier alpha value is -3.34. The summed E-state index contributed by atoms with van der Waals surface area (Å²) in [7, 11) is -3.66. The van der Waals surface area contributed by atoms with E-state index in [0.29, 0.717) is 48.5 Å². The summed E-state index contributed by atoms with van der Waals surface area (Å²) in [6.07, 6.45) is 7.18. The monoisotopic (exact) mass is 557 g/mol. The van der Waals surface area contributed by atoms with Crippen LogP contribution in [0.1, 0.15) is 44.9 Å². The summed E-state index contributed by atoms with van der Waals surface area (Å²) < 4.78 is 31.3. The zero-order chi connectivity index (χ0) is 27.5. The van der Waals surface area contributed by atoms with E-state index in [1.54, 1.807) is 35.4 Å². The molecule has 0 saturated heterocycles. The highest BCUT2D eigenvalue weighted by Crippen LogP contribution is 2.51. The molecule has 3 aliphatic carbocycles. The minimum Gasteiger partial charge on any atom is -0.461 e. The summed E-state index contributed by atoms with van der Waals surface area (Å²) in [4.78, 5) is 23.1. The number of carbonyl (C=O) groups excluding carboxylic acids is 1. The SMILES string of the molecule is C=CN(CCOCP(=O)(NC1(C(=O)OC2CCC2)CC1)Oc1ccccc1)c1nc(N)nc(NC2CC2)c1N. The van der Waals surface area contributed by atoms with Gasteiger partial charge in [-0.3, -0.25) is 9.36 Å². The highest BCUT2D eigenvalue weighted by molar-refractivity contribution is 7.57. The first kappa shape index (κ1) is 27.2. The third-order valence-corrected chi connectivity index (χ3v) is 8.74. The zero-order valence-electron chi connectivity index (χ0n) is 21.9. The van der Waals surface area contributed by atoms with Crippen molar-refractivity contribution < 1.29 is 23.4 Å². The predicted molar refractivity (Wildman–Crippen MR) is 149 cm³/mol. The van der Waals surface area contributed by atoms with Gasteiger partial charge in [-0.1, -0.05) is 24.8 Å². The van der Waals surface area contributed by atoms with Crippen molar-refractivity contribution in [1.29, 1.82) is 0 Å². The first-order chi connectivity index (χ1) is 18.8. The molecular formula is C26H36N7O5P. The van der Waals surface area contributed by atoms with Gasteiger partial charge in [0.25, 0.3) is 0 Å².